The molecule has 2 aromatic carbocycles. The molecule has 1 saturated heterocycles. The molecule has 1 aromatic heterocycles. The number of non-ortho nitro benzene ring substituents is 1. The number of nitro benzene ring substituents is 1. The van der Waals surface area contributed by atoms with Crippen LogP contribution in [0.3, 0.4) is 0 Å². The molecule has 0 aliphatic carbocycles. The summed E-state index contributed by atoms with van der Waals surface area (Å²) in [4.78, 5) is 40.8. The van der Waals surface area contributed by atoms with Gasteiger partial charge in [0.15, 0.2) is 5.17 Å². The van der Waals surface area contributed by atoms with Crippen molar-refractivity contribution in [2.24, 2.45) is 4.99 Å². The van der Waals surface area contributed by atoms with Crippen molar-refractivity contribution < 1.29 is 24.0 Å². The summed E-state index contributed by atoms with van der Waals surface area (Å²) in [5.41, 5.74) is 1.20. The average molecular weight is 463 g/mol. The number of hydrogen-bond acceptors (Lipinski definition) is 7. The molecule has 10 heteroatoms. The number of carbonyl (C=O) groups is 2. The van der Waals surface area contributed by atoms with Gasteiger partial charge < -0.3 is 9.52 Å². The molecule has 0 saturated carbocycles. The first kappa shape index (κ1) is 22.0. The number of carboxylic acid groups (broad SMARTS) is 1. The van der Waals surface area contributed by atoms with Crippen LogP contribution in [0.4, 0.5) is 11.4 Å². The van der Waals surface area contributed by atoms with Gasteiger partial charge in [-0.25, -0.2) is 9.79 Å². The first-order valence-electron chi connectivity index (χ1n) is 9.84. The standard InChI is InChI=1S/C23H17N3O6S/c1-2-25-21(27)20(33-23(25)24-16-5-3-4-15(12-16)22(28)29)13-18-10-11-19(32-18)14-6-8-17(9-7-14)26(30)31/h3-13H,2H2,1H3,(H,28,29)/b20-13-,24-23?. The lowest BCUT2D eigenvalue weighted by Crippen LogP contribution is -2.28. The predicted octanol–water partition coefficient (Wildman–Crippen LogP) is 5.18. The maximum Gasteiger partial charge on any atom is 0.335 e. The second-order valence-electron chi connectivity index (χ2n) is 6.92. The smallest absolute Gasteiger partial charge is 0.335 e. The molecule has 166 valence electrons. The Morgan fingerprint density at radius 2 is 1.97 bits per heavy atom. The van der Waals surface area contributed by atoms with Crippen LogP contribution in [-0.4, -0.2) is 38.5 Å². The highest BCUT2D eigenvalue weighted by Crippen LogP contribution is 2.35. The fourth-order valence-electron chi connectivity index (χ4n) is 3.15. The summed E-state index contributed by atoms with van der Waals surface area (Å²) in [5, 5.41) is 20.4. The van der Waals surface area contributed by atoms with E-state index in [1.54, 1.807) is 42.5 Å². The summed E-state index contributed by atoms with van der Waals surface area (Å²) >= 11 is 1.17. The summed E-state index contributed by atoms with van der Waals surface area (Å²) in [7, 11) is 0. The van der Waals surface area contributed by atoms with Gasteiger partial charge in [-0.2, -0.15) is 0 Å². The van der Waals surface area contributed by atoms with E-state index in [4.69, 9.17) is 4.42 Å². The van der Waals surface area contributed by atoms with E-state index in [2.05, 4.69) is 4.99 Å². The third-order valence-electron chi connectivity index (χ3n) is 4.78. The highest BCUT2D eigenvalue weighted by molar-refractivity contribution is 8.18. The first-order valence-corrected chi connectivity index (χ1v) is 10.7. The molecule has 0 atom stereocenters. The van der Waals surface area contributed by atoms with Crippen LogP contribution in [0.25, 0.3) is 17.4 Å². The molecule has 0 radical (unpaired) electrons. The molecule has 33 heavy (non-hydrogen) atoms. The molecule has 1 N–H and O–H groups in total. The number of thioether (sulfide) groups is 1. The predicted molar refractivity (Wildman–Crippen MR) is 124 cm³/mol. The van der Waals surface area contributed by atoms with E-state index in [9.17, 15) is 24.8 Å². The minimum Gasteiger partial charge on any atom is -0.478 e. The van der Waals surface area contributed by atoms with Gasteiger partial charge >= 0.3 is 5.97 Å². The molecule has 1 aliphatic heterocycles. The zero-order valence-corrected chi connectivity index (χ0v) is 18.1. The Balaban J connectivity index is 1.59. The molecule has 0 spiro atoms. The maximum absolute atomic E-state index is 12.9. The van der Waals surface area contributed by atoms with Gasteiger partial charge in [-0.05, 0) is 61.2 Å². The summed E-state index contributed by atoms with van der Waals surface area (Å²) in [5.74, 6) is -0.325. The quantitative estimate of drug-likeness (QED) is 0.303. The highest BCUT2D eigenvalue weighted by atomic mass is 32.2. The van der Waals surface area contributed by atoms with Gasteiger partial charge in [-0.3, -0.25) is 19.8 Å². The second kappa shape index (κ2) is 9.13. The third-order valence-corrected chi connectivity index (χ3v) is 5.79. The molecule has 0 bridgehead atoms. The number of furan rings is 1. The van der Waals surface area contributed by atoms with Gasteiger partial charge in [0.25, 0.3) is 11.6 Å². The van der Waals surface area contributed by atoms with E-state index >= 15 is 0 Å². The topological polar surface area (TPSA) is 126 Å². The van der Waals surface area contributed by atoms with Gasteiger partial charge in [0.1, 0.15) is 11.5 Å². The molecule has 3 aromatic rings. The number of carbonyl (C=O) groups excluding carboxylic acids is 1. The van der Waals surface area contributed by atoms with Crippen LogP contribution in [0.2, 0.25) is 0 Å². The largest absolute Gasteiger partial charge is 0.478 e. The monoisotopic (exact) mass is 463 g/mol. The summed E-state index contributed by atoms with van der Waals surface area (Å²) in [6.07, 6.45) is 1.61. The van der Waals surface area contributed by atoms with E-state index in [0.717, 1.165) is 0 Å². The summed E-state index contributed by atoms with van der Waals surface area (Å²) in [6.45, 7) is 2.22. The lowest BCUT2D eigenvalue weighted by Gasteiger charge is -2.12. The van der Waals surface area contributed by atoms with Crippen molar-refractivity contribution in [3.8, 4) is 11.3 Å². The number of amidine groups is 1. The third kappa shape index (κ3) is 4.70. The lowest BCUT2D eigenvalue weighted by molar-refractivity contribution is -0.384. The van der Waals surface area contributed by atoms with Gasteiger partial charge in [0, 0.05) is 30.3 Å². The summed E-state index contributed by atoms with van der Waals surface area (Å²) in [6, 6.07) is 15.6. The Hall–Kier alpha value is -4.18. The number of carboxylic acids is 1. The molecule has 1 fully saturated rings. The number of aliphatic imine (C=N–C) groups is 1. The number of aromatic carboxylic acids is 1. The van der Waals surface area contributed by atoms with Gasteiger partial charge in [0.05, 0.1) is 21.1 Å². The number of benzene rings is 2. The Labute approximate surface area is 192 Å². The fourth-order valence-corrected chi connectivity index (χ4v) is 4.19. The fraction of sp³-hybridized carbons (Fsp3) is 0.0870. The van der Waals surface area contributed by atoms with E-state index in [1.807, 2.05) is 6.92 Å². The van der Waals surface area contributed by atoms with E-state index in [-0.39, 0.29) is 17.2 Å². The number of amides is 1. The number of rotatable bonds is 6. The van der Waals surface area contributed by atoms with Crippen LogP contribution < -0.4 is 0 Å². The van der Waals surface area contributed by atoms with E-state index in [1.165, 1.54) is 40.9 Å². The van der Waals surface area contributed by atoms with E-state index in [0.29, 0.717) is 39.4 Å². The van der Waals surface area contributed by atoms with Crippen LogP contribution in [0.1, 0.15) is 23.0 Å². The van der Waals surface area contributed by atoms with Crippen LogP contribution >= 0.6 is 11.8 Å². The average Bonchev–Trinajstić information content (AvgIpc) is 3.38. The molecule has 2 heterocycles. The molecule has 1 aliphatic rings. The van der Waals surface area contributed by atoms with Crippen molar-refractivity contribution >= 4 is 46.3 Å². The van der Waals surface area contributed by atoms with Crippen molar-refractivity contribution in [1.82, 2.24) is 4.90 Å². The van der Waals surface area contributed by atoms with Crippen LogP contribution in [0.15, 0.2) is 75.0 Å². The Morgan fingerprint density at radius 3 is 2.64 bits per heavy atom. The molecule has 4 rings (SSSR count). The lowest BCUT2D eigenvalue weighted by atomic mass is 10.1. The molecule has 0 unspecified atom stereocenters. The van der Waals surface area contributed by atoms with Crippen LogP contribution in [0, 0.1) is 10.1 Å². The SMILES string of the molecule is CCN1C(=O)/C(=C/c2ccc(-c3ccc([N+](=O)[O-])cc3)o2)SC1=Nc1cccc(C(=O)O)c1. The highest BCUT2D eigenvalue weighted by Gasteiger charge is 2.32. The Kier molecular flexibility index (Phi) is 6.09. The molecular formula is C23H17N3O6S. The normalized spacial score (nSPS) is 16.0. The number of nitrogens with zero attached hydrogens (tertiary/aromatic N) is 3. The maximum atomic E-state index is 12.9. The zero-order chi connectivity index (χ0) is 23.5. The van der Waals surface area contributed by atoms with Crippen molar-refractivity contribution in [2.45, 2.75) is 6.92 Å². The number of hydrogen-bond donors (Lipinski definition) is 1. The van der Waals surface area contributed by atoms with E-state index < -0.39 is 10.9 Å². The van der Waals surface area contributed by atoms with Crippen LogP contribution in [0.5, 0.6) is 0 Å². The number of likely N-dealkylation sites (N-methyl/N-ethyl adjacent to an activating group) is 1. The Morgan fingerprint density at radius 1 is 1.21 bits per heavy atom. The minimum absolute atomic E-state index is 0.0130. The van der Waals surface area contributed by atoms with Gasteiger partial charge in [0.2, 0.25) is 0 Å². The van der Waals surface area contributed by atoms with Crippen molar-refractivity contribution in [3.63, 3.8) is 0 Å². The summed E-state index contributed by atoms with van der Waals surface area (Å²) < 4.78 is 5.81. The van der Waals surface area contributed by atoms with Gasteiger partial charge in [-0.15, -0.1) is 0 Å². The zero-order valence-electron chi connectivity index (χ0n) is 17.3. The van der Waals surface area contributed by atoms with Crippen molar-refractivity contribution in [3.05, 3.63) is 87.0 Å². The number of nitro groups is 1. The minimum atomic E-state index is -1.05. The second-order valence-corrected chi connectivity index (χ2v) is 7.93. The van der Waals surface area contributed by atoms with Crippen molar-refractivity contribution in [2.75, 3.05) is 6.54 Å². The Bertz CT molecular complexity index is 1310. The van der Waals surface area contributed by atoms with Crippen LogP contribution in [-0.2, 0) is 4.79 Å². The molecular weight excluding hydrogens is 446 g/mol. The van der Waals surface area contributed by atoms with Crippen molar-refractivity contribution in [1.29, 1.82) is 0 Å². The van der Waals surface area contributed by atoms with Gasteiger partial charge in [-0.1, -0.05) is 6.07 Å². The first-order chi connectivity index (χ1) is 15.9. The molecule has 1 amide bonds. The molecule has 9 nitrogen and oxygen atoms in total.